The first-order valence-corrected chi connectivity index (χ1v) is 7.99. The average molecular weight is 277 g/mol. The smallest absolute Gasteiger partial charge is 0.127 e. The van der Waals surface area contributed by atoms with Crippen LogP contribution in [0.2, 0.25) is 0 Å². The SMILES string of the molecule is CC1CCC(C(C)C)C(N[C@H](C)c2ccccc2F)C1. The normalized spacial score (nSPS) is 28.6. The highest BCUT2D eigenvalue weighted by atomic mass is 19.1. The van der Waals surface area contributed by atoms with Crippen molar-refractivity contribution in [3.05, 3.63) is 35.6 Å². The van der Waals surface area contributed by atoms with E-state index in [1.54, 1.807) is 12.1 Å². The molecule has 1 nitrogen and oxygen atoms in total. The molecular formula is C18H28FN. The average Bonchev–Trinajstić information content (AvgIpc) is 2.38. The van der Waals surface area contributed by atoms with Gasteiger partial charge in [-0.2, -0.15) is 0 Å². The molecule has 3 unspecified atom stereocenters. The van der Waals surface area contributed by atoms with Crippen LogP contribution < -0.4 is 5.32 Å². The topological polar surface area (TPSA) is 12.0 Å². The van der Waals surface area contributed by atoms with Crippen LogP contribution in [-0.2, 0) is 0 Å². The highest BCUT2D eigenvalue weighted by Gasteiger charge is 2.31. The van der Waals surface area contributed by atoms with Crippen LogP contribution in [0, 0.1) is 23.6 Å². The fourth-order valence-electron chi connectivity index (χ4n) is 3.63. The van der Waals surface area contributed by atoms with Gasteiger partial charge in [0.2, 0.25) is 0 Å². The maximum atomic E-state index is 13.9. The zero-order valence-corrected chi connectivity index (χ0v) is 13.2. The maximum Gasteiger partial charge on any atom is 0.127 e. The Morgan fingerprint density at radius 1 is 1.15 bits per heavy atom. The van der Waals surface area contributed by atoms with Crippen LogP contribution in [0.3, 0.4) is 0 Å². The van der Waals surface area contributed by atoms with Crippen molar-refractivity contribution in [1.29, 1.82) is 0 Å². The van der Waals surface area contributed by atoms with E-state index in [1.807, 2.05) is 12.1 Å². The summed E-state index contributed by atoms with van der Waals surface area (Å²) in [5, 5.41) is 3.70. The van der Waals surface area contributed by atoms with Crippen molar-refractivity contribution < 1.29 is 4.39 Å². The lowest BCUT2D eigenvalue weighted by atomic mass is 9.73. The van der Waals surface area contributed by atoms with Crippen LogP contribution in [0.25, 0.3) is 0 Å². The van der Waals surface area contributed by atoms with E-state index in [0.717, 1.165) is 11.5 Å². The van der Waals surface area contributed by atoms with Crippen molar-refractivity contribution in [2.45, 2.75) is 59.0 Å². The Morgan fingerprint density at radius 3 is 2.50 bits per heavy atom. The van der Waals surface area contributed by atoms with Gasteiger partial charge in [0, 0.05) is 17.6 Å². The van der Waals surface area contributed by atoms with Gasteiger partial charge >= 0.3 is 0 Å². The molecule has 2 heteroatoms. The van der Waals surface area contributed by atoms with E-state index < -0.39 is 0 Å². The van der Waals surface area contributed by atoms with Gasteiger partial charge in [0.1, 0.15) is 5.82 Å². The molecule has 1 aromatic carbocycles. The highest BCUT2D eigenvalue weighted by molar-refractivity contribution is 5.20. The summed E-state index contributed by atoms with van der Waals surface area (Å²) in [5.41, 5.74) is 0.785. The molecule has 1 aromatic rings. The van der Waals surface area contributed by atoms with Crippen molar-refractivity contribution in [2.75, 3.05) is 0 Å². The van der Waals surface area contributed by atoms with Gasteiger partial charge in [-0.25, -0.2) is 4.39 Å². The summed E-state index contributed by atoms with van der Waals surface area (Å²) in [6, 6.07) is 7.70. The fraction of sp³-hybridized carbons (Fsp3) is 0.667. The molecule has 2 rings (SSSR count). The summed E-state index contributed by atoms with van der Waals surface area (Å²) in [4.78, 5) is 0. The van der Waals surface area contributed by atoms with Crippen molar-refractivity contribution in [2.24, 2.45) is 17.8 Å². The van der Waals surface area contributed by atoms with E-state index >= 15 is 0 Å². The lowest BCUT2D eigenvalue weighted by Crippen LogP contribution is -2.44. The van der Waals surface area contributed by atoms with Crippen LogP contribution in [0.4, 0.5) is 4.39 Å². The molecule has 1 aliphatic rings. The number of nitrogens with one attached hydrogen (secondary N) is 1. The Balaban J connectivity index is 2.08. The summed E-state index contributed by atoms with van der Waals surface area (Å²) in [5.74, 6) is 2.07. The minimum Gasteiger partial charge on any atom is -0.307 e. The predicted octanol–water partition coefficient (Wildman–Crippen LogP) is 4.94. The predicted molar refractivity (Wildman–Crippen MR) is 83.1 cm³/mol. The number of hydrogen-bond donors (Lipinski definition) is 1. The molecule has 4 atom stereocenters. The zero-order chi connectivity index (χ0) is 14.7. The van der Waals surface area contributed by atoms with E-state index in [2.05, 4.69) is 33.0 Å². The van der Waals surface area contributed by atoms with Crippen LogP contribution in [0.15, 0.2) is 24.3 Å². The van der Waals surface area contributed by atoms with E-state index in [0.29, 0.717) is 17.9 Å². The molecule has 0 aliphatic heterocycles. The Hall–Kier alpha value is -0.890. The molecule has 0 bridgehead atoms. The minimum atomic E-state index is -0.0996. The van der Waals surface area contributed by atoms with E-state index in [9.17, 15) is 4.39 Å². The summed E-state index contributed by atoms with van der Waals surface area (Å²) in [6.45, 7) is 9.03. The summed E-state index contributed by atoms with van der Waals surface area (Å²) in [6.07, 6.45) is 3.83. The van der Waals surface area contributed by atoms with Gasteiger partial charge in [-0.3, -0.25) is 0 Å². The Labute approximate surface area is 123 Å². The summed E-state index contributed by atoms with van der Waals surface area (Å²) in [7, 11) is 0. The molecule has 112 valence electrons. The molecule has 1 N–H and O–H groups in total. The number of hydrogen-bond acceptors (Lipinski definition) is 1. The second kappa shape index (κ2) is 6.71. The first-order chi connectivity index (χ1) is 9.49. The zero-order valence-electron chi connectivity index (χ0n) is 13.2. The van der Waals surface area contributed by atoms with Crippen LogP contribution in [0.1, 0.15) is 58.6 Å². The Kier molecular flexibility index (Phi) is 5.20. The van der Waals surface area contributed by atoms with Crippen LogP contribution in [0.5, 0.6) is 0 Å². The van der Waals surface area contributed by atoms with E-state index in [-0.39, 0.29) is 11.9 Å². The first-order valence-electron chi connectivity index (χ1n) is 7.99. The van der Waals surface area contributed by atoms with Crippen LogP contribution >= 0.6 is 0 Å². The number of rotatable bonds is 4. The molecule has 1 aliphatic carbocycles. The van der Waals surface area contributed by atoms with Gasteiger partial charge in [0.25, 0.3) is 0 Å². The molecule has 1 saturated carbocycles. The van der Waals surface area contributed by atoms with Gasteiger partial charge in [0.05, 0.1) is 0 Å². The molecular weight excluding hydrogens is 249 g/mol. The second-order valence-electron chi connectivity index (χ2n) is 6.84. The molecule has 0 amide bonds. The van der Waals surface area contributed by atoms with Crippen molar-refractivity contribution in [1.82, 2.24) is 5.32 Å². The molecule has 0 radical (unpaired) electrons. The number of halogens is 1. The summed E-state index contributed by atoms with van der Waals surface area (Å²) < 4.78 is 13.9. The maximum absolute atomic E-state index is 13.9. The lowest BCUT2D eigenvalue weighted by molar-refractivity contribution is 0.160. The summed E-state index contributed by atoms with van der Waals surface area (Å²) >= 11 is 0. The minimum absolute atomic E-state index is 0.0766. The second-order valence-corrected chi connectivity index (χ2v) is 6.84. The van der Waals surface area contributed by atoms with Gasteiger partial charge < -0.3 is 5.32 Å². The third-order valence-corrected chi connectivity index (χ3v) is 4.86. The quantitative estimate of drug-likeness (QED) is 0.822. The van der Waals surface area contributed by atoms with Gasteiger partial charge in [-0.05, 0) is 43.6 Å². The molecule has 1 fully saturated rings. The molecule has 0 aromatic heterocycles. The van der Waals surface area contributed by atoms with Gasteiger partial charge in [0.15, 0.2) is 0 Å². The molecule has 0 heterocycles. The van der Waals surface area contributed by atoms with Crippen molar-refractivity contribution in [3.63, 3.8) is 0 Å². The Bertz CT molecular complexity index is 429. The monoisotopic (exact) mass is 277 g/mol. The number of benzene rings is 1. The van der Waals surface area contributed by atoms with Crippen molar-refractivity contribution >= 4 is 0 Å². The van der Waals surface area contributed by atoms with Gasteiger partial charge in [-0.1, -0.05) is 45.4 Å². The third kappa shape index (κ3) is 3.60. The van der Waals surface area contributed by atoms with Crippen LogP contribution in [-0.4, -0.2) is 6.04 Å². The molecule has 20 heavy (non-hydrogen) atoms. The van der Waals surface area contributed by atoms with Crippen molar-refractivity contribution in [3.8, 4) is 0 Å². The first kappa shape index (κ1) is 15.5. The highest BCUT2D eigenvalue weighted by Crippen LogP contribution is 2.34. The molecule has 0 saturated heterocycles. The lowest BCUT2D eigenvalue weighted by Gasteiger charge is -2.39. The Morgan fingerprint density at radius 2 is 1.85 bits per heavy atom. The van der Waals surface area contributed by atoms with Gasteiger partial charge in [-0.15, -0.1) is 0 Å². The molecule has 0 spiro atoms. The van der Waals surface area contributed by atoms with E-state index in [4.69, 9.17) is 0 Å². The standard InChI is InChI=1S/C18H28FN/c1-12(2)15-10-9-13(3)11-18(15)20-14(4)16-7-5-6-8-17(16)19/h5-8,12-15,18,20H,9-11H2,1-4H3/t13?,14-,15?,18?/m1/s1. The third-order valence-electron chi connectivity index (χ3n) is 4.86. The largest absolute Gasteiger partial charge is 0.307 e. The fourth-order valence-corrected chi connectivity index (χ4v) is 3.63. The van der Waals surface area contributed by atoms with E-state index in [1.165, 1.54) is 19.3 Å².